The van der Waals surface area contributed by atoms with Crippen LogP contribution in [0.25, 0.3) is 21.8 Å². The van der Waals surface area contributed by atoms with Crippen molar-refractivity contribution >= 4 is 62.4 Å². The number of urea groups is 1. The van der Waals surface area contributed by atoms with Gasteiger partial charge in [-0.1, -0.05) is 29.8 Å². The molecule has 4 fully saturated rings. The lowest BCUT2D eigenvalue weighted by molar-refractivity contribution is -0.120. The minimum Gasteiger partial charge on any atom is -0.372 e. The summed E-state index contributed by atoms with van der Waals surface area (Å²) in [7, 11) is 0. The zero-order chi connectivity index (χ0) is 36.8. The molecule has 278 valence electrons. The summed E-state index contributed by atoms with van der Waals surface area (Å²) >= 11 is 6.46. The van der Waals surface area contributed by atoms with E-state index in [2.05, 4.69) is 83.4 Å². The van der Waals surface area contributed by atoms with E-state index in [4.69, 9.17) is 11.6 Å². The van der Waals surface area contributed by atoms with Crippen LogP contribution in [0.5, 0.6) is 0 Å². The zero-order valence-corrected chi connectivity index (χ0v) is 31.3. The Morgan fingerprint density at radius 1 is 0.852 bits per heavy atom. The van der Waals surface area contributed by atoms with Crippen LogP contribution in [0.4, 0.5) is 21.9 Å². The van der Waals surface area contributed by atoms with Crippen LogP contribution in [0.15, 0.2) is 66.9 Å². The number of nitriles is 1. The standard InChI is InChI=1S/C42H46ClN9O2/c43-34-10-11-38(41-40(34)35(25-44)46-47-41)50-18-2-3-30(27-50)29-6-8-31(9-7-29)49-21-12-28(13-22-49)26-48-19-14-32(15-20-48)51-23-16-33-36(51)4-1-5-37(33)52-24-17-39(53)45-42(52)54/h1,4-11,16,23,28,30,32H,2-3,12-15,17-22,24,26-27H2,(H,46,47)(H,45,53,54)/t30-/m0/s1. The van der Waals surface area contributed by atoms with Gasteiger partial charge in [0.05, 0.1) is 32.8 Å². The van der Waals surface area contributed by atoms with Crippen LogP contribution in [0.2, 0.25) is 5.02 Å². The van der Waals surface area contributed by atoms with Crippen molar-refractivity contribution in [1.82, 2.24) is 25.0 Å². The highest BCUT2D eigenvalue weighted by Crippen LogP contribution is 2.38. The van der Waals surface area contributed by atoms with Crippen LogP contribution in [-0.2, 0) is 4.79 Å². The Kier molecular flexibility index (Phi) is 9.41. The first-order valence-electron chi connectivity index (χ1n) is 19.5. The molecule has 12 heteroatoms. The van der Waals surface area contributed by atoms with Gasteiger partial charge in [-0.2, -0.15) is 10.4 Å². The van der Waals surface area contributed by atoms with Gasteiger partial charge in [0.25, 0.3) is 0 Å². The molecule has 4 aliphatic rings. The number of carbonyl (C=O) groups is 2. The predicted octanol–water partition coefficient (Wildman–Crippen LogP) is 7.43. The topological polar surface area (TPSA) is 117 Å². The normalized spacial score (nSPS) is 20.9. The largest absolute Gasteiger partial charge is 0.372 e. The molecule has 4 saturated heterocycles. The number of halogens is 1. The monoisotopic (exact) mass is 743 g/mol. The van der Waals surface area contributed by atoms with Gasteiger partial charge >= 0.3 is 6.03 Å². The molecule has 0 aliphatic carbocycles. The lowest BCUT2D eigenvalue weighted by atomic mass is 9.89. The summed E-state index contributed by atoms with van der Waals surface area (Å²) < 4.78 is 2.40. The minimum atomic E-state index is -0.337. The van der Waals surface area contributed by atoms with Crippen molar-refractivity contribution in [2.75, 3.05) is 67.1 Å². The average Bonchev–Trinajstić information content (AvgIpc) is 3.85. The first-order chi connectivity index (χ1) is 26.4. The number of nitrogens with one attached hydrogen (secondary N) is 2. The molecule has 0 spiro atoms. The number of likely N-dealkylation sites (tertiary alicyclic amines) is 1. The Morgan fingerprint density at radius 3 is 2.44 bits per heavy atom. The van der Waals surface area contributed by atoms with E-state index in [0.29, 0.717) is 41.0 Å². The Bertz CT molecular complexity index is 2220. The van der Waals surface area contributed by atoms with Crippen LogP contribution in [0.1, 0.15) is 68.2 Å². The van der Waals surface area contributed by atoms with E-state index in [0.717, 1.165) is 98.7 Å². The van der Waals surface area contributed by atoms with Crippen molar-refractivity contribution < 1.29 is 9.59 Å². The number of benzene rings is 3. The summed E-state index contributed by atoms with van der Waals surface area (Å²) in [6.45, 7) is 7.88. The summed E-state index contributed by atoms with van der Waals surface area (Å²) in [5.41, 5.74) is 6.98. The quantitative estimate of drug-likeness (QED) is 0.178. The molecule has 0 bridgehead atoms. The van der Waals surface area contributed by atoms with Crippen molar-refractivity contribution in [3.8, 4) is 6.07 Å². The van der Waals surface area contributed by atoms with Crippen LogP contribution in [0, 0.1) is 17.2 Å². The second kappa shape index (κ2) is 14.6. The van der Waals surface area contributed by atoms with Gasteiger partial charge < -0.3 is 19.3 Å². The van der Waals surface area contributed by atoms with Crippen LogP contribution < -0.4 is 20.0 Å². The second-order valence-corrected chi connectivity index (χ2v) is 15.9. The maximum atomic E-state index is 12.6. The molecule has 0 radical (unpaired) electrons. The summed E-state index contributed by atoms with van der Waals surface area (Å²) in [4.78, 5) is 33.6. The lowest BCUT2D eigenvalue weighted by Gasteiger charge is -2.39. The molecule has 1 atom stereocenters. The molecule has 2 aromatic heterocycles. The number of imide groups is 1. The molecular weight excluding hydrogens is 698 g/mol. The van der Waals surface area contributed by atoms with Crippen LogP contribution >= 0.6 is 11.6 Å². The molecule has 2 N–H and O–H groups in total. The van der Waals surface area contributed by atoms with Crippen molar-refractivity contribution in [2.24, 2.45) is 5.92 Å². The molecule has 3 aromatic carbocycles. The predicted molar refractivity (Wildman–Crippen MR) is 214 cm³/mol. The van der Waals surface area contributed by atoms with Gasteiger partial charge in [0.2, 0.25) is 5.91 Å². The van der Waals surface area contributed by atoms with E-state index in [1.807, 2.05) is 24.3 Å². The number of amides is 3. The maximum Gasteiger partial charge on any atom is 0.328 e. The number of piperidine rings is 3. The van der Waals surface area contributed by atoms with Crippen molar-refractivity contribution in [2.45, 2.75) is 56.9 Å². The smallest absolute Gasteiger partial charge is 0.328 e. The highest BCUT2D eigenvalue weighted by molar-refractivity contribution is 6.36. The van der Waals surface area contributed by atoms with E-state index < -0.39 is 0 Å². The number of hydrogen-bond donors (Lipinski definition) is 2. The molecule has 4 aliphatic heterocycles. The maximum absolute atomic E-state index is 12.6. The fourth-order valence-electron chi connectivity index (χ4n) is 9.49. The Labute approximate surface area is 320 Å². The van der Waals surface area contributed by atoms with Crippen molar-refractivity contribution in [3.05, 3.63) is 83.1 Å². The minimum absolute atomic E-state index is 0.210. The number of aromatic nitrogens is 3. The Balaban J connectivity index is 0.766. The molecule has 9 rings (SSSR count). The van der Waals surface area contributed by atoms with Gasteiger partial charge in [-0.05, 0) is 92.5 Å². The molecule has 3 amide bonds. The molecule has 0 saturated carbocycles. The molecule has 11 nitrogen and oxygen atoms in total. The van der Waals surface area contributed by atoms with Gasteiger partial charge in [-0.15, -0.1) is 0 Å². The number of hydrogen-bond acceptors (Lipinski definition) is 7. The third-order valence-electron chi connectivity index (χ3n) is 12.4. The zero-order valence-electron chi connectivity index (χ0n) is 30.5. The number of rotatable bonds is 7. The number of carbonyl (C=O) groups excluding carboxylic acids is 2. The van der Waals surface area contributed by atoms with Gasteiger partial charge in [0, 0.05) is 88.0 Å². The van der Waals surface area contributed by atoms with Gasteiger partial charge in [0.1, 0.15) is 6.07 Å². The van der Waals surface area contributed by atoms with Crippen LogP contribution in [0.3, 0.4) is 0 Å². The summed E-state index contributed by atoms with van der Waals surface area (Å²) in [6.07, 6.45) is 9.44. The summed E-state index contributed by atoms with van der Waals surface area (Å²) in [5, 5.41) is 21.6. The molecule has 0 unspecified atom stereocenters. The van der Waals surface area contributed by atoms with E-state index in [9.17, 15) is 14.9 Å². The van der Waals surface area contributed by atoms with Gasteiger partial charge in [-0.25, -0.2) is 4.79 Å². The van der Waals surface area contributed by atoms with Crippen LogP contribution in [-0.4, -0.2) is 84.0 Å². The molecule has 5 aromatic rings. The highest BCUT2D eigenvalue weighted by Gasteiger charge is 2.29. The third-order valence-corrected chi connectivity index (χ3v) is 12.7. The third kappa shape index (κ3) is 6.56. The number of anilines is 3. The molecular formula is C42H46ClN9O2. The fourth-order valence-corrected chi connectivity index (χ4v) is 9.73. The van der Waals surface area contributed by atoms with E-state index in [-0.39, 0.29) is 11.9 Å². The van der Waals surface area contributed by atoms with E-state index in [1.165, 1.54) is 30.6 Å². The molecule has 54 heavy (non-hydrogen) atoms. The average molecular weight is 744 g/mol. The van der Waals surface area contributed by atoms with Crippen molar-refractivity contribution in [3.63, 3.8) is 0 Å². The van der Waals surface area contributed by atoms with Gasteiger partial charge in [0.15, 0.2) is 5.69 Å². The number of aromatic amines is 1. The Morgan fingerprint density at radius 2 is 1.67 bits per heavy atom. The number of nitrogens with zero attached hydrogens (tertiary/aromatic N) is 7. The Hall–Kier alpha value is -5.05. The highest BCUT2D eigenvalue weighted by atomic mass is 35.5. The SMILES string of the molecule is N#Cc1n[nH]c2c(N3CCC[C@H](c4ccc(N5CCC(CN6CCC(n7ccc8c(N9CCC(=O)NC9=O)cccc87)CC6)CC5)cc4)C3)ccc(Cl)c12. The fraction of sp³-hybridized carbons (Fsp3) is 0.429. The van der Waals surface area contributed by atoms with E-state index in [1.54, 1.807) is 4.90 Å². The van der Waals surface area contributed by atoms with Crippen molar-refractivity contribution in [1.29, 1.82) is 5.26 Å². The lowest BCUT2D eigenvalue weighted by Crippen LogP contribution is -2.49. The van der Waals surface area contributed by atoms with Gasteiger partial charge in [-0.3, -0.25) is 20.1 Å². The first-order valence-corrected chi connectivity index (χ1v) is 19.9. The first kappa shape index (κ1) is 34.7. The molecule has 6 heterocycles. The number of H-pyrrole nitrogens is 1. The summed E-state index contributed by atoms with van der Waals surface area (Å²) in [6, 6.07) is 23.8. The number of fused-ring (bicyclic) bond motifs is 2. The summed E-state index contributed by atoms with van der Waals surface area (Å²) in [5.74, 6) is 0.954. The second-order valence-electron chi connectivity index (χ2n) is 15.5. The van der Waals surface area contributed by atoms with E-state index >= 15 is 0 Å².